The Kier molecular flexibility index (Phi) is 8.63. The lowest BCUT2D eigenvalue weighted by Crippen LogP contribution is -2.14. The first-order valence-electron chi connectivity index (χ1n) is 11.6. The summed E-state index contributed by atoms with van der Waals surface area (Å²) in [6.07, 6.45) is 16.5. The molecule has 29 heavy (non-hydrogen) atoms. The molecule has 0 heterocycles. The zero-order valence-corrected chi connectivity index (χ0v) is 18.3. The fraction of sp³-hybridized carbons (Fsp3) is 0.448. The minimum atomic E-state index is 0.942. The van der Waals surface area contributed by atoms with Gasteiger partial charge in [0.25, 0.3) is 0 Å². The predicted octanol–water partition coefficient (Wildman–Crippen LogP) is 8.05. The molecule has 0 bridgehead atoms. The van der Waals surface area contributed by atoms with Crippen molar-refractivity contribution in [2.24, 2.45) is 11.8 Å². The molecule has 2 aromatic carbocycles. The van der Waals surface area contributed by atoms with Gasteiger partial charge < -0.3 is 0 Å². The average Bonchev–Trinajstić information content (AvgIpc) is 2.78. The fourth-order valence-electron chi connectivity index (χ4n) is 4.26. The normalized spacial score (nSPS) is 19.1. The highest BCUT2D eigenvalue weighted by Crippen LogP contribution is 2.33. The van der Waals surface area contributed by atoms with E-state index in [0.717, 1.165) is 29.4 Å². The first kappa shape index (κ1) is 21.4. The Morgan fingerprint density at radius 1 is 0.793 bits per heavy atom. The third-order valence-corrected chi connectivity index (χ3v) is 6.37. The molecule has 0 N–H and O–H groups in total. The van der Waals surface area contributed by atoms with Crippen LogP contribution in [0.25, 0.3) is 6.08 Å². The van der Waals surface area contributed by atoms with Gasteiger partial charge in [0.05, 0.1) is 0 Å². The zero-order valence-electron chi connectivity index (χ0n) is 18.3. The van der Waals surface area contributed by atoms with E-state index in [1.54, 1.807) is 0 Å². The molecule has 0 aliphatic heterocycles. The third kappa shape index (κ3) is 7.25. The molecule has 0 atom stereocenters. The number of hydrogen-bond donors (Lipinski definition) is 0. The Labute approximate surface area is 178 Å². The lowest BCUT2D eigenvalue weighted by molar-refractivity contribution is 0.259. The second-order valence-corrected chi connectivity index (χ2v) is 8.59. The van der Waals surface area contributed by atoms with Crippen LogP contribution in [-0.4, -0.2) is 0 Å². The zero-order chi connectivity index (χ0) is 20.3. The van der Waals surface area contributed by atoms with Crippen LogP contribution in [0.1, 0.15) is 87.5 Å². The summed E-state index contributed by atoms with van der Waals surface area (Å²) in [6, 6.07) is 17.4. The molecule has 1 aliphatic carbocycles. The van der Waals surface area contributed by atoms with Crippen LogP contribution in [0.15, 0.2) is 54.6 Å². The van der Waals surface area contributed by atoms with Gasteiger partial charge in [0.2, 0.25) is 0 Å². The fourth-order valence-corrected chi connectivity index (χ4v) is 4.26. The number of aryl methyl sites for hydroxylation is 1. The van der Waals surface area contributed by atoms with Crippen LogP contribution in [0.3, 0.4) is 0 Å². The molecule has 1 aliphatic rings. The highest BCUT2D eigenvalue weighted by atomic mass is 14.2. The smallest absolute Gasteiger partial charge is 0.0249 e. The standard InChI is InChI=1S/C29H36/c1-3-5-6-7-25-12-14-27(15-13-25)18-19-29-22-20-28(21-23-29)17-16-26-10-8-24(4-2)9-11-26/h6-7,12-15,20-24,26H,3-5,8-11,16-17H2,1-2H3/b7-6+. The number of hydrogen-bond acceptors (Lipinski definition) is 0. The van der Waals surface area contributed by atoms with E-state index in [2.05, 4.69) is 86.4 Å². The van der Waals surface area contributed by atoms with Crippen LogP contribution in [0.2, 0.25) is 0 Å². The van der Waals surface area contributed by atoms with Crippen molar-refractivity contribution < 1.29 is 0 Å². The molecule has 0 spiro atoms. The van der Waals surface area contributed by atoms with Crippen LogP contribution in [-0.2, 0) is 6.42 Å². The summed E-state index contributed by atoms with van der Waals surface area (Å²) in [4.78, 5) is 0. The van der Waals surface area contributed by atoms with Crippen LogP contribution in [0.5, 0.6) is 0 Å². The van der Waals surface area contributed by atoms with E-state index >= 15 is 0 Å². The van der Waals surface area contributed by atoms with Gasteiger partial charge in [-0.05, 0) is 66.5 Å². The molecular weight excluding hydrogens is 348 g/mol. The van der Waals surface area contributed by atoms with Gasteiger partial charge in [0.1, 0.15) is 0 Å². The van der Waals surface area contributed by atoms with Crippen molar-refractivity contribution >= 4 is 6.08 Å². The number of allylic oxidation sites excluding steroid dienone is 1. The maximum Gasteiger partial charge on any atom is 0.0249 e. The Hall–Kier alpha value is -2.26. The van der Waals surface area contributed by atoms with Crippen molar-refractivity contribution in [3.8, 4) is 11.8 Å². The minimum Gasteiger partial charge on any atom is -0.0840 e. The minimum absolute atomic E-state index is 0.942. The third-order valence-electron chi connectivity index (χ3n) is 6.37. The van der Waals surface area contributed by atoms with E-state index in [4.69, 9.17) is 0 Å². The number of unbranched alkanes of at least 4 members (excludes halogenated alkanes) is 1. The average molecular weight is 385 g/mol. The summed E-state index contributed by atoms with van der Waals surface area (Å²) >= 11 is 0. The summed E-state index contributed by atoms with van der Waals surface area (Å²) in [5, 5.41) is 0. The molecule has 152 valence electrons. The molecule has 0 nitrogen and oxygen atoms in total. The van der Waals surface area contributed by atoms with Gasteiger partial charge in [-0.2, -0.15) is 0 Å². The monoisotopic (exact) mass is 384 g/mol. The summed E-state index contributed by atoms with van der Waals surface area (Å²) in [6.45, 7) is 4.55. The van der Waals surface area contributed by atoms with Crippen molar-refractivity contribution in [2.75, 3.05) is 0 Å². The molecule has 0 unspecified atom stereocenters. The molecule has 2 aromatic rings. The van der Waals surface area contributed by atoms with Crippen LogP contribution < -0.4 is 0 Å². The topological polar surface area (TPSA) is 0 Å². The molecule has 0 heteroatoms. The van der Waals surface area contributed by atoms with E-state index in [1.165, 1.54) is 62.5 Å². The molecule has 0 saturated heterocycles. The van der Waals surface area contributed by atoms with Crippen molar-refractivity contribution in [1.29, 1.82) is 0 Å². The second kappa shape index (κ2) is 11.7. The summed E-state index contributed by atoms with van der Waals surface area (Å²) in [7, 11) is 0. The largest absolute Gasteiger partial charge is 0.0840 e. The lowest BCUT2D eigenvalue weighted by atomic mass is 9.78. The van der Waals surface area contributed by atoms with E-state index in [0.29, 0.717) is 0 Å². The molecule has 0 aromatic heterocycles. The van der Waals surface area contributed by atoms with Crippen molar-refractivity contribution in [3.63, 3.8) is 0 Å². The van der Waals surface area contributed by atoms with Crippen LogP contribution in [0.4, 0.5) is 0 Å². The van der Waals surface area contributed by atoms with Gasteiger partial charge in [-0.3, -0.25) is 0 Å². The van der Waals surface area contributed by atoms with Gasteiger partial charge in [0.15, 0.2) is 0 Å². The quantitative estimate of drug-likeness (QED) is 0.424. The van der Waals surface area contributed by atoms with E-state index in [9.17, 15) is 0 Å². The Morgan fingerprint density at radius 2 is 1.38 bits per heavy atom. The van der Waals surface area contributed by atoms with Gasteiger partial charge in [-0.15, -0.1) is 0 Å². The molecule has 1 fully saturated rings. The highest BCUT2D eigenvalue weighted by molar-refractivity contribution is 5.52. The van der Waals surface area contributed by atoms with Gasteiger partial charge in [-0.1, -0.05) is 101 Å². The summed E-state index contributed by atoms with van der Waals surface area (Å²) in [5.41, 5.74) is 4.88. The van der Waals surface area contributed by atoms with E-state index in [-0.39, 0.29) is 0 Å². The molecule has 0 amide bonds. The highest BCUT2D eigenvalue weighted by Gasteiger charge is 2.19. The second-order valence-electron chi connectivity index (χ2n) is 8.59. The molecular formula is C29H36. The molecule has 0 radical (unpaired) electrons. The van der Waals surface area contributed by atoms with Crippen molar-refractivity contribution in [1.82, 2.24) is 0 Å². The molecule has 3 rings (SSSR count). The molecule has 1 saturated carbocycles. The first-order valence-corrected chi connectivity index (χ1v) is 11.6. The van der Waals surface area contributed by atoms with Crippen molar-refractivity contribution in [3.05, 3.63) is 76.9 Å². The summed E-state index contributed by atoms with van der Waals surface area (Å²) < 4.78 is 0. The number of rotatable bonds is 7. The van der Waals surface area contributed by atoms with Gasteiger partial charge in [0, 0.05) is 11.1 Å². The van der Waals surface area contributed by atoms with Crippen molar-refractivity contribution in [2.45, 2.75) is 71.6 Å². The number of benzene rings is 2. The lowest BCUT2D eigenvalue weighted by Gasteiger charge is -2.27. The van der Waals surface area contributed by atoms with Crippen LogP contribution >= 0.6 is 0 Å². The predicted molar refractivity (Wildman–Crippen MR) is 127 cm³/mol. The Morgan fingerprint density at radius 3 is 1.97 bits per heavy atom. The van der Waals surface area contributed by atoms with Crippen LogP contribution in [0, 0.1) is 23.7 Å². The summed E-state index contributed by atoms with van der Waals surface area (Å²) in [5.74, 6) is 8.54. The maximum atomic E-state index is 3.31. The Bertz CT molecular complexity index is 803. The van der Waals surface area contributed by atoms with Gasteiger partial charge in [-0.25, -0.2) is 0 Å². The Balaban J connectivity index is 1.48. The van der Waals surface area contributed by atoms with Gasteiger partial charge >= 0.3 is 0 Å². The SMILES string of the molecule is CCC/C=C/c1ccc(C#Cc2ccc(CCC3CCC(CC)CC3)cc2)cc1. The maximum absolute atomic E-state index is 3.31. The van der Waals surface area contributed by atoms with E-state index < -0.39 is 0 Å². The van der Waals surface area contributed by atoms with E-state index in [1.807, 2.05) is 0 Å². The first-order chi connectivity index (χ1) is 14.3.